The number of amides is 3. The minimum absolute atomic E-state index is 0.0287. The Labute approximate surface area is 221 Å². The van der Waals surface area contributed by atoms with Gasteiger partial charge >= 0.3 is 4.87 Å². The second kappa shape index (κ2) is 8.71. The van der Waals surface area contributed by atoms with E-state index in [1.54, 1.807) is 23.8 Å². The van der Waals surface area contributed by atoms with Crippen molar-refractivity contribution >= 4 is 40.8 Å². The van der Waals surface area contributed by atoms with E-state index in [1.165, 1.54) is 16.2 Å². The zero-order valence-corrected chi connectivity index (χ0v) is 21.9. The molecule has 9 nitrogen and oxygen atoms in total. The van der Waals surface area contributed by atoms with Gasteiger partial charge < -0.3 is 19.4 Å². The van der Waals surface area contributed by atoms with E-state index >= 15 is 0 Å². The number of nitrogens with zero attached hydrogens (tertiary/aromatic N) is 2. The van der Waals surface area contributed by atoms with Crippen LogP contribution in [0.4, 0.5) is 0 Å². The van der Waals surface area contributed by atoms with Crippen LogP contribution < -0.4 is 9.61 Å². The molecule has 1 aromatic carbocycles. The van der Waals surface area contributed by atoms with Gasteiger partial charge in [0.2, 0.25) is 17.7 Å². The predicted molar refractivity (Wildman–Crippen MR) is 136 cm³/mol. The fourth-order valence-corrected chi connectivity index (χ4v) is 10.4. The third-order valence-electron chi connectivity index (χ3n) is 8.95. The molecule has 1 aromatic heterocycles. The molecule has 11 heteroatoms. The van der Waals surface area contributed by atoms with Gasteiger partial charge in [0.25, 0.3) is 0 Å². The first kappa shape index (κ1) is 23.5. The number of nitrogens with one attached hydrogen (secondary N) is 1. The molecule has 7 unspecified atom stereocenters. The van der Waals surface area contributed by atoms with Crippen LogP contribution in [0.2, 0.25) is 0 Å². The molecule has 4 heterocycles. The fourth-order valence-electron chi connectivity index (χ4n) is 7.47. The molecule has 2 aromatic rings. The van der Waals surface area contributed by atoms with Crippen LogP contribution in [0.3, 0.4) is 0 Å². The Morgan fingerprint density at radius 3 is 2.49 bits per heavy atom. The SMILES string of the molecule is COc1ccc(C2c3sc(=O)[nH]c3SC3C4CC(C5C(=O)N(CC(=O)N6CCOCC6)C(=O)C45)C23)cc1. The highest BCUT2D eigenvalue weighted by atomic mass is 32.2. The summed E-state index contributed by atoms with van der Waals surface area (Å²) in [5.41, 5.74) is 1.09. The highest BCUT2D eigenvalue weighted by Crippen LogP contribution is 2.68. The number of hydrogen-bond acceptors (Lipinski definition) is 8. The van der Waals surface area contributed by atoms with Crippen molar-refractivity contribution in [3.63, 3.8) is 0 Å². The quantitative estimate of drug-likeness (QED) is 0.588. The lowest BCUT2D eigenvalue weighted by atomic mass is 9.68. The van der Waals surface area contributed by atoms with Crippen molar-refractivity contribution in [3.8, 4) is 5.75 Å². The summed E-state index contributed by atoms with van der Waals surface area (Å²) < 4.78 is 10.7. The van der Waals surface area contributed by atoms with Gasteiger partial charge in [-0.2, -0.15) is 0 Å². The summed E-state index contributed by atoms with van der Waals surface area (Å²) in [6, 6.07) is 7.95. The largest absolute Gasteiger partial charge is 0.497 e. The number of H-pyrrole nitrogens is 1. The number of aromatic amines is 1. The summed E-state index contributed by atoms with van der Waals surface area (Å²) in [7, 11) is 1.63. The molecular formula is C26H27N3O6S2. The number of thiazole rings is 1. The molecule has 7 rings (SSSR count). The van der Waals surface area contributed by atoms with Gasteiger partial charge in [-0.3, -0.25) is 24.1 Å². The maximum Gasteiger partial charge on any atom is 0.305 e. The first-order chi connectivity index (χ1) is 18.0. The number of thioether (sulfide) groups is 1. The van der Waals surface area contributed by atoms with Gasteiger partial charge in [-0.05, 0) is 41.9 Å². The van der Waals surface area contributed by atoms with Gasteiger partial charge in [-0.1, -0.05) is 23.5 Å². The summed E-state index contributed by atoms with van der Waals surface area (Å²) in [6.07, 6.45) is 0.826. The maximum absolute atomic E-state index is 13.7. The molecule has 3 aliphatic heterocycles. The van der Waals surface area contributed by atoms with Crippen LogP contribution in [0.25, 0.3) is 0 Å². The van der Waals surface area contributed by atoms with E-state index in [1.807, 2.05) is 24.3 Å². The molecule has 0 radical (unpaired) electrons. The average Bonchev–Trinajstić information content (AvgIpc) is 3.65. The molecule has 2 saturated carbocycles. The van der Waals surface area contributed by atoms with Crippen molar-refractivity contribution in [2.75, 3.05) is 40.0 Å². The highest BCUT2D eigenvalue weighted by molar-refractivity contribution is 8.00. The molecule has 0 spiro atoms. The number of carbonyl (C=O) groups excluding carboxylic acids is 3. The molecule has 2 aliphatic carbocycles. The standard InChI is InChI=1S/C26H27N3O6S2/c1-34-13-4-2-12(3-5-13)17-18-14-10-15(21(18)36-23-22(17)37-26(33)27-23)20-19(14)24(31)29(25(20)32)11-16(30)28-6-8-35-9-7-28/h2-5,14-15,17-21H,6-11H2,1H3,(H,27,33). The van der Waals surface area contributed by atoms with E-state index in [4.69, 9.17) is 9.47 Å². The number of methoxy groups -OCH3 is 1. The molecule has 7 atom stereocenters. The zero-order valence-electron chi connectivity index (χ0n) is 20.3. The van der Waals surface area contributed by atoms with Crippen LogP contribution >= 0.6 is 23.1 Å². The second-order valence-electron chi connectivity index (χ2n) is 10.5. The van der Waals surface area contributed by atoms with Crippen LogP contribution in [0, 0.1) is 29.6 Å². The predicted octanol–water partition coefficient (Wildman–Crippen LogP) is 1.78. The lowest BCUT2D eigenvalue weighted by molar-refractivity contribution is -0.148. The summed E-state index contributed by atoms with van der Waals surface area (Å²) in [5, 5.41) is 1.01. The molecule has 37 heavy (non-hydrogen) atoms. The third kappa shape index (κ3) is 3.46. The van der Waals surface area contributed by atoms with Crippen molar-refractivity contribution in [2.45, 2.75) is 22.6 Å². The van der Waals surface area contributed by atoms with E-state index < -0.39 is 5.92 Å². The van der Waals surface area contributed by atoms with Crippen LogP contribution in [-0.2, 0) is 19.1 Å². The maximum atomic E-state index is 13.7. The normalized spacial score (nSPS) is 33.9. The van der Waals surface area contributed by atoms with Crippen molar-refractivity contribution in [1.82, 2.24) is 14.8 Å². The molecule has 4 fully saturated rings. The number of aromatic nitrogens is 1. The Balaban J connectivity index is 1.22. The van der Waals surface area contributed by atoms with Crippen molar-refractivity contribution < 1.29 is 23.9 Å². The Morgan fingerprint density at radius 2 is 1.78 bits per heavy atom. The number of ether oxygens (including phenoxy) is 2. The Hall–Kier alpha value is -2.63. The molecule has 5 aliphatic rings. The Morgan fingerprint density at radius 1 is 1.08 bits per heavy atom. The molecule has 2 saturated heterocycles. The zero-order chi connectivity index (χ0) is 25.4. The minimum atomic E-state index is -0.394. The van der Waals surface area contributed by atoms with E-state index in [-0.39, 0.29) is 64.0 Å². The van der Waals surface area contributed by atoms with Crippen molar-refractivity contribution in [3.05, 3.63) is 44.4 Å². The van der Waals surface area contributed by atoms with Gasteiger partial charge in [0, 0.05) is 29.1 Å². The van der Waals surface area contributed by atoms with Crippen molar-refractivity contribution in [1.29, 1.82) is 0 Å². The number of rotatable bonds is 4. The first-order valence-electron chi connectivity index (χ1n) is 12.7. The van der Waals surface area contributed by atoms with Crippen LogP contribution in [0.5, 0.6) is 5.75 Å². The molecule has 194 valence electrons. The summed E-state index contributed by atoms with van der Waals surface area (Å²) in [6.45, 7) is 1.73. The summed E-state index contributed by atoms with van der Waals surface area (Å²) in [5.74, 6) is -0.427. The van der Waals surface area contributed by atoms with Crippen LogP contribution in [0.15, 0.2) is 34.1 Å². The van der Waals surface area contributed by atoms with Gasteiger partial charge in [0.15, 0.2) is 0 Å². The number of carbonyl (C=O) groups is 3. The molecule has 2 bridgehead atoms. The Bertz CT molecular complexity index is 1330. The van der Waals surface area contributed by atoms with Crippen LogP contribution in [0.1, 0.15) is 22.8 Å². The molecule has 1 N–H and O–H groups in total. The number of benzene rings is 1. The van der Waals surface area contributed by atoms with Crippen LogP contribution in [-0.4, -0.2) is 77.7 Å². The fraction of sp³-hybridized carbons (Fsp3) is 0.538. The summed E-state index contributed by atoms with van der Waals surface area (Å²) >= 11 is 2.91. The molecule has 3 amide bonds. The van der Waals surface area contributed by atoms with E-state index in [2.05, 4.69) is 4.98 Å². The van der Waals surface area contributed by atoms with E-state index in [9.17, 15) is 19.2 Å². The average molecular weight is 542 g/mol. The third-order valence-corrected chi connectivity index (χ3v) is 11.5. The highest BCUT2D eigenvalue weighted by Gasteiger charge is 2.69. The summed E-state index contributed by atoms with van der Waals surface area (Å²) in [4.78, 5) is 59.4. The lowest BCUT2D eigenvalue weighted by Crippen LogP contribution is -2.47. The van der Waals surface area contributed by atoms with Gasteiger partial charge in [0.05, 0.1) is 37.2 Å². The van der Waals surface area contributed by atoms with Gasteiger partial charge in [-0.25, -0.2) is 0 Å². The number of likely N-dealkylation sites (tertiary alicyclic amines) is 1. The number of hydrogen-bond donors (Lipinski definition) is 1. The monoisotopic (exact) mass is 541 g/mol. The van der Waals surface area contributed by atoms with Crippen molar-refractivity contribution in [2.24, 2.45) is 29.6 Å². The van der Waals surface area contributed by atoms with Gasteiger partial charge in [0.1, 0.15) is 12.3 Å². The van der Waals surface area contributed by atoms with E-state index in [0.717, 1.165) is 27.6 Å². The topological polar surface area (TPSA) is 109 Å². The Kier molecular flexibility index (Phi) is 5.53. The molecular weight excluding hydrogens is 514 g/mol. The lowest BCUT2D eigenvalue weighted by Gasteiger charge is -2.43. The first-order valence-corrected chi connectivity index (χ1v) is 14.4. The van der Waals surface area contributed by atoms with Gasteiger partial charge in [-0.15, -0.1) is 11.8 Å². The number of fused-ring (bicyclic) bond motifs is 9. The smallest absolute Gasteiger partial charge is 0.305 e. The van der Waals surface area contributed by atoms with E-state index in [0.29, 0.717) is 26.3 Å². The minimum Gasteiger partial charge on any atom is -0.497 e. The number of morpholine rings is 1. The number of imide groups is 1. The second-order valence-corrected chi connectivity index (χ2v) is 12.7.